The summed E-state index contributed by atoms with van der Waals surface area (Å²) in [6.45, 7) is 2.35. The first-order valence-corrected chi connectivity index (χ1v) is 5.56. The minimum Gasteiger partial charge on any atom is -0.471 e. The van der Waals surface area contributed by atoms with Gasteiger partial charge in [-0.3, -0.25) is 0 Å². The Kier molecular flexibility index (Phi) is 5.36. The van der Waals surface area contributed by atoms with E-state index in [4.69, 9.17) is 21.7 Å². The van der Waals surface area contributed by atoms with E-state index in [1.165, 1.54) is 0 Å². The van der Waals surface area contributed by atoms with E-state index >= 15 is 0 Å². The molecule has 94 valence electrons. The van der Waals surface area contributed by atoms with Crippen LogP contribution in [-0.4, -0.2) is 58.2 Å². The quantitative estimate of drug-likeness (QED) is 0.465. The lowest BCUT2D eigenvalue weighted by molar-refractivity contribution is -0.191. The molecule has 7 heteroatoms. The van der Waals surface area contributed by atoms with Gasteiger partial charge >= 0.3 is 0 Å². The molecule has 1 heterocycles. The lowest BCUT2D eigenvalue weighted by Crippen LogP contribution is -2.58. The second kappa shape index (κ2) is 6.31. The van der Waals surface area contributed by atoms with Crippen LogP contribution >= 0.6 is 12.2 Å². The van der Waals surface area contributed by atoms with Gasteiger partial charge in [-0.1, -0.05) is 6.92 Å². The Labute approximate surface area is 99.2 Å². The van der Waals surface area contributed by atoms with Gasteiger partial charge < -0.3 is 30.1 Å². The van der Waals surface area contributed by atoms with Gasteiger partial charge in [0.1, 0.15) is 18.3 Å². The smallest absolute Gasteiger partial charge is 0.258 e. The molecule has 0 saturated carbocycles. The SMILES string of the molecule is CCCOC(=S)N[C@H]1OC[C@@H](O)[C@@H](O)[C@H]1O. The monoisotopic (exact) mass is 251 g/mol. The van der Waals surface area contributed by atoms with Crippen molar-refractivity contribution >= 4 is 17.4 Å². The van der Waals surface area contributed by atoms with E-state index < -0.39 is 24.5 Å². The number of hydrogen-bond acceptors (Lipinski definition) is 6. The number of hydrogen-bond donors (Lipinski definition) is 4. The molecule has 0 aromatic heterocycles. The summed E-state index contributed by atoms with van der Waals surface area (Å²) in [6.07, 6.45) is -3.62. The van der Waals surface area contributed by atoms with Gasteiger partial charge in [0, 0.05) is 0 Å². The zero-order valence-corrected chi connectivity index (χ0v) is 9.81. The van der Waals surface area contributed by atoms with Gasteiger partial charge in [-0.05, 0) is 18.6 Å². The van der Waals surface area contributed by atoms with Crippen LogP contribution in [0.4, 0.5) is 0 Å². The van der Waals surface area contributed by atoms with Crippen LogP contribution in [0.25, 0.3) is 0 Å². The average Bonchev–Trinajstić information content (AvgIpc) is 2.27. The van der Waals surface area contributed by atoms with E-state index in [-0.39, 0.29) is 11.8 Å². The molecule has 0 aromatic carbocycles. The Morgan fingerprint density at radius 2 is 2.12 bits per heavy atom. The van der Waals surface area contributed by atoms with Gasteiger partial charge in [0.2, 0.25) is 0 Å². The Bertz CT molecular complexity index is 240. The molecule has 0 aliphatic carbocycles. The van der Waals surface area contributed by atoms with E-state index in [1.54, 1.807) is 0 Å². The first kappa shape index (κ1) is 13.6. The van der Waals surface area contributed by atoms with Crippen molar-refractivity contribution in [1.82, 2.24) is 5.32 Å². The molecule has 0 spiro atoms. The third-order valence-corrected chi connectivity index (χ3v) is 2.43. The summed E-state index contributed by atoms with van der Waals surface area (Å²) in [4.78, 5) is 0. The Morgan fingerprint density at radius 3 is 2.75 bits per heavy atom. The van der Waals surface area contributed by atoms with Crippen molar-refractivity contribution in [3.05, 3.63) is 0 Å². The van der Waals surface area contributed by atoms with E-state index in [2.05, 4.69) is 5.32 Å². The maximum absolute atomic E-state index is 9.57. The standard InChI is InChI=1S/C9H17NO5S/c1-2-3-14-9(16)10-8-7(13)6(12)5(11)4-15-8/h5-8,11-13H,2-4H2,1H3,(H,10,16)/t5-,6-,7-,8+/m1/s1. The topological polar surface area (TPSA) is 91.2 Å². The highest BCUT2D eigenvalue weighted by molar-refractivity contribution is 7.80. The van der Waals surface area contributed by atoms with Crippen LogP contribution in [0.3, 0.4) is 0 Å². The summed E-state index contributed by atoms with van der Waals surface area (Å²) >= 11 is 4.85. The molecule has 1 aliphatic rings. The van der Waals surface area contributed by atoms with Gasteiger partial charge in [-0.25, -0.2) is 0 Å². The van der Waals surface area contributed by atoms with Crippen molar-refractivity contribution in [3.8, 4) is 0 Å². The Morgan fingerprint density at radius 1 is 1.44 bits per heavy atom. The molecule has 1 fully saturated rings. The van der Waals surface area contributed by atoms with E-state index in [0.29, 0.717) is 6.61 Å². The predicted octanol–water partition coefficient (Wildman–Crippen LogP) is -1.27. The Balaban J connectivity index is 2.39. The lowest BCUT2D eigenvalue weighted by atomic mass is 10.0. The number of ether oxygens (including phenoxy) is 2. The first-order valence-electron chi connectivity index (χ1n) is 5.15. The molecule has 0 amide bonds. The molecule has 1 saturated heterocycles. The number of aliphatic hydroxyl groups is 3. The summed E-state index contributed by atoms with van der Waals surface area (Å²) in [7, 11) is 0. The van der Waals surface area contributed by atoms with Crippen LogP contribution in [-0.2, 0) is 9.47 Å². The fraction of sp³-hybridized carbons (Fsp3) is 0.889. The highest BCUT2D eigenvalue weighted by Gasteiger charge is 2.37. The summed E-state index contributed by atoms with van der Waals surface area (Å²) in [6, 6.07) is 0. The van der Waals surface area contributed by atoms with Gasteiger partial charge in [-0.2, -0.15) is 0 Å². The normalized spacial score (nSPS) is 34.5. The van der Waals surface area contributed by atoms with Gasteiger partial charge in [0.05, 0.1) is 13.2 Å². The Hall–Kier alpha value is -0.470. The fourth-order valence-electron chi connectivity index (χ4n) is 1.29. The lowest BCUT2D eigenvalue weighted by Gasteiger charge is -2.35. The highest BCUT2D eigenvalue weighted by atomic mass is 32.1. The molecule has 1 rings (SSSR count). The van der Waals surface area contributed by atoms with Crippen LogP contribution < -0.4 is 5.32 Å². The second-order valence-electron chi connectivity index (χ2n) is 3.58. The molecule has 4 atom stereocenters. The molecule has 0 radical (unpaired) electrons. The number of aliphatic hydroxyl groups excluding tert-OH is 3. The van der Waals surface area contributed by atoms with Crippen molar-refractivity contribution in [2.75, 3.05) is 13.2 Å². The van der Waals surface area contributed by atoms with Gasteiger partial charge in [-0.15, -0.1) is 0 Å². The zero-order chi connectivity index (χ0) is 12.1. The fourth-order valence-corrected chi connectivity index (χ4v) is 1.49. The molecule has 0 bridgehead atoms. The first-order chi connectivity index (χ1) is 7.56. The molecule has 6 nitrogen and oxygen atoms in total. The van der Waals surface area contributed by atoms with Crippen LogP contribution in [0.15, 0.2) is 0 Å². The van der Waals surface area contributed by atoms with Crippen LogP contribution in [0.1, 0.15) is 13.3 Å². The van der Waals surface area contributed by atoms with Crippen molar-refractivity contribution < 1.29 is 24.8 Å². The van der Waals surface area contributed by atoms with E-state index in [0.717, 1.165) is 6.42 Å². The minimum absolute atomic E-state index is 0.0632. The van der Waals surface area contributed by atoms with Crippen molar-refractivity contribution in [2.24, 2.45) is 0 Å². The number of thiocarbonyl (C=S) groups is 1. The number of rotatable bonds is 3. The van der Waals surface area contributed by atoms with Gasteiger partial charge in [0.15, 0.2) is 6.23 Å². The molecular formula is C9H17NO5S. The molecule has 4 N–H and O–H groups in total. The predicted molar refractivity (Wildman–Crippen MR) is 59.7 cm³/mol. The van der Waals surface area contributed by atoms with Crippen LogP contribution in [0.2, 0.25) is 0 Å². The summed E-state index contributed by atoms with van der Waals surface area (Å²) < 4.78 is 10.2. The highest BCUT2D eigenvalue weighted by Crippen LogP contribution is 2.13. The largest absolute Gasteiger partial charge is 0.471 e. The summed E-state index contributed by atoms with van der Waals surface area (Å²) in [5.41, 5.74) is 0. The van der Waals surface area contributed by atoms with E-state index in [9.17, 15) is 15.3 Å². The maximum atomic E-state index is 9.57. The van der Waals surface area contributed by atoms with Crippen molar-refractivity contribution in [3.63, 3.8) is 0 Å². The maximum Gasteiger partial charge on any atom is 0.258 e. The van der Waals surface area contributed by atoms with Crippen LogP contribution in [0, 0.1) is 0 Å². The molecular weight excluding hydrogens is 234 g/mol. The molecule has 16 heavy (non-hydrogen) atoms. The summed E-state index contributed by atoms with van der Waals surface area (Å²) in [5, 5.41) is 30.9. The number of nitrogens with one attached hydrogen (secondary N) is 1. The van der Waals surface area contributed by atoms with Crippen molar-refractivity contribution in [1.29, 1.82) is 0 Å². The second-order valence-corrected chi connectivity index (χ2v) is 3.95. The van der Waals surface area contributed by atoms with E-state index in [1.807, 2.05) is 6.92 Å². The van der Waals surface area contributed by atoms with Gasteiger partial charge in [0.25, 0.3) is 5.17 Å². The molecule has 0 unspecified atom stereocenters. The third kappa shape index (κ3) is 3.53. The molecule has 1 aliphatic heterocycles. The minimum atomic E-state index is -1.25. The molecule has 0 aromatic rings. The van der Waals surface area contributed by atoms with Crippen molar-refractivity contribution in [2.45, 2.75) is 37.9 Å². The summed E-state index contributed by atoms with van der Waals surface area (Å²) in [5.74, 6) is 0. The average molecular weight is 251 g/mol. The van der Waals surface area contributed by atoms with Crippen LogP contribution in [0.5, 0.6) is 0 Å². The zero-order valence-electron chi connectivity index (χ0n) is 9.00. The third-order valence-electron chi connectivity index (χ3n) is 2.20.